The van der Waals surface area contributed by atoms with Gasteiger partial charge in [-0.2, -0.15) is 0 Å². The van der Waals surface area contributed by atoms with E-state index in [-0.39, 0.29) is 22.4 Å². The molecule has 0 radical (unpaired) electrons. The van der Waals surface area contributed by atoms with Crippen LogP contribution in [0.1, 0.15) is 27.2 Å². The Morgan fingerprint density at radius 1 is 1.33 bits per heavy atom. The molecule has 0 aliphatic carbocycles. The second-order valence-electron chi connectivity index (χ2n) is 3.12. The topological polar surface area (TPSA) is 52.6 Å². The number of thioether (sulfide) groups is 1. The predicted molar refractivity (Wildman–Crippen MR) is 59.8 cm³/mol. The van der Waals surface area contributed by atoms with Crippen molar-refractivity contribution in [1.82, 2.24) is 0 Å². The number of hydrogen-bond donors (Lipinski definition) is 0. The summed E-state index contributed by atoms with van der Waals surface area (Å²) in [5.74, 6) is -0.495. The summed E-state index contributed by atoms with van der Waals surface area (Å²) >= 11 is 1.42. The second-order valence-corrected chi connectivity index (χ2v) is 4.91. The number of esters is 2. The van der Waals surface area contributed by atoms with E-state index in [0.717, 1.165) is 0 Å². The van der Waals surface area contributed by atoms with Crippen LogP contribution in [0.25, 0.3) is 0 Å². The molecule has 0 saturated carbocycles. The fourth-order valence-electron chi connectivity index (χ4n) is 1.03. The molecule has 0 aliphatic rings. The Kier molecular flexibility index (Phi) is 7.21. The van der Waals surface area contributed by atoms with Gasteiger partial charge in [0, 0.05) is 5.25 Å². The highest BCUT2D eigenvalue weighted by Gasteiger charge is 2.19. The second kappa shape index (κ2) is 7.56. The summed E-state index contributed by atoms with van der Waals surface area (Å²) in [6.07, 6.45) is 0.310. The Labute approximate surface area is 94.7 Å². The molecule has 2 unspecified atom stereocenters. The summed E-state index contributed by atoms with van der Waals surface area (Å²) < 4.78 is 9.40. The number of rotatable bonds is 6. The van der Waals surface area contributed by atoms with E-state index in [9.17, 15) is 9.59 Å². The summed E-state index contributed by atoms with van der Waals surface area (Å²) in [6, 6.07) is 0. The normalized spacial score (nSPS) is 14.1. The number of methoxy groups -OCH3 is 1. The summed E-state index contributed by atoms with van der Waals surface area (Å²) in [5.41, 5.74) is 0. The standard InChI is InChI=1S/C10H18O4S/c1-5-14-10(12)8(3)15-7(2)6-9(11)13-4/h7-8H,5-6H2,1-4H3. The van der Waals surface area contributed by atoms with Crippen molar-refractivity contribution in [3.05, 3.63) is 0 Å². The molecule has 88 valence electrons. The van der Waals surface area contributed by atoms with Crippen molar-refractivity contribution in [2.45, 2.75) is 37.7 Å². The maximum absolute atomic E-state index is 11.3. The number of carbonyl (C=O) groups excluding carboxylic acids is 2. The summed E-state index contributed by atoms with van der Waals surface area (Å²) in [6.45, 7) is 5.82. The zero-order valence-corrected chi connectivity index (χ0v) is 10.4. The molecule has 0 spiro atoms. The Morgan fingerprint density at radius 3 is 2.40 bits per heavy atom. The molecule has 5 heteroatoms. The molecular weight excluding hydrogens is 216 g/mol. The Hall–Kier alpha value is -0.710. The zero-order valence-electron chi connectivity index (χ0n) is 9.61. The molecule has 0 aromatic carbocycles. The van der Waals surface area contributed by atoms with Crippen LogP contribution >= 0.6 is 11.8 Å². The van der Waals surface area contributed by atoms with Crippen molar-refractivity contribution in [1.29, 1.82) is 0 Å². The van der Waals surface area contributed by atoms with Crippen molar-refractivity contribution >= 4 is 23.7 Å². The van der Waals surface area contributed by atoms with Gasteiger partial charge >= 0.3 is 11.9 Å². The van der Waals surface area contributed by atoms with Gasteiger partial charge < -0.3 is 9.47 Å². The van der Waals surface area contributed by atoms with Gasteiger partial charge in [0.15, 0.2) is 0 Å². The first-order chi connectivity index (χ1) is 7.01. The highest BCUT2D eigenvalue weighted by molar-refractivity contribution is 8.01. The third-order valence-electron chi connectivity index (χ3n) is 1.74. The maximum Gasteiger partial charge on any atom is 0.318 e. The van der Waals surface area contributed by atoms with Crippen LogP contribution in [-0.2, 0) is 19.1 Å². The molecule has 0 amide bonds. The lowest BCUT2D eigenvalue weighted by molar-refractivity contribution is -0.142. The van der Waals surface area contributed by atoms with Crippen molar-refractivity contribution in [3.63, 3.8) is 0 Å². The van der Waals surface area contributed by atoms with Crippen molar-refractivity contribution in [3.8, 4) is 0 Å². The Bertz CT molecular complexity index is 217. The minimum Gasteiger partial charge on any atom is -0.469 e. The number of ether oxygens (including phenoxy) is 2. The lowest BCUT2D eigenvalue weighted by Gasteiger charge is -2.14. The molecule has 0 aliphatic heterocycles. The Morgan fingerprint density at radius 2 is 1.93 bits per heavy atom. The van der Waals surface area contributed by atoms with Gasteiger partial charge in [0.2, 0.25) is 0 Å². The fourth-order valence-corrected chi connectivity index (χ4v) is 2.14. The highest BCUT2D eigenvalue weighted by Crippen LogP contribution is 2.21. The molecule has 15 heavy (non-hydrogen) atoms. The first-order valence-electron chi connectivity index (χ1n) is 4.90. The van der Waals surface area contributed by atoms with E-state index < -0.39 is 0 Å². The Balaban J connectivity index is 3.89. The molecule has 0 aromatic rings. The van der Waals surface area contributed by atoms with Crippen molar-refractivity contribution in [2.24, 2.45) is 0 Å². The third-order valence-corrected chi connectivity index (χ3v) is 2.97. The maximum atomic E-state index is 11.3. The van der Waals surface area contributed by atoms with Crippen LogP contribution in [-0.4, -0.2) is 36.2 Å². The monoisotopic (exact) mass is 234 g/mol. The van der Waals surface area contributed by atoms with Gasteiger partial charge in [-0.3, -0.25) is 9.59 Å². The van der Waals surface area contributed by atoms with Gasteiger partial charge in [0.25, 0.3) is 0 Å². The average molecular weight is 234 g/mol. The largest absolute Gasteiger partial charge is 0.469 e. The highest BCUT2D eigenvalue weighted by atomic mass is 32.2. The predicted octanol–water partition coefficient (Wildman–Crippen LogP) is 1.62. The smallest absolute Gasteiger partial charge is 0.318 e. The van der Waals surface area contributed by atoms with Crippen LogP contribution in [0, 0.1) is 0 Å². The molecule has 4 nitrogen and oxygen atoms in total. The van der Waals surface area contributed by atoms with Crippen LogP contribution < -0.4 is 0 Å². The number of carbonyl (C=O) groups is 2. The quantitative estimate of drug-likeness (QED) is 0.654. The van der Waals surface area contributed by atoms with Crippen LogP contribution in [0.15, 0.2) is 0 Å². The number of hydrogen-bond acceptors (Lipinski definition) is 5. The summed E-state index contributed by atoms with van der Waals surface area (Å²) in [7, 11) is 1.36. The van der Waals surface area contributed by atoms with Crippen molar-refractivity contribution in [2.75, 3.05) is 13.7 Å². The van der Waals surface area contributed by atoms with E-state index in [1.807, 2.05) is 6.92 Å². The van der Waals surface area contributed by atoms with Gasteiger partial charge in [-0.25, -0.2) is 0 Å². The zero-order chi connectivity index (χ0) is 11.8. The molecule has 0 saturated heterocycles. The summed E-state index contributed by atoms with van der Waals surface area (Å²) in [4.78, 5) is 22.2. The molecule has 2 atom stereocenters. The van der Waals surface area contributed by atoms with Gasteiger partial charge in [-0.1, -0.05) is 6.92 Å². The van der Waals surface area contributed by atoms with Crippen LogP contribution in [0.2, 0.25) is 0 Å². The van der Waals surface area contributed by atoms with Gasteiger partial charge in [0.05, 0.1) is 25.4 Å². The van der Waals surface area contributed by atoms with Crippen molar-refractivity contribution < 1.29 is 19.1 Å². The molecule has 0 aromatic heterocycles. The van der Waals surface area contributed by atoms with E-state index in [4.69, 9.17) is 4.74 Å². The molecule has 0 heterocycles. The minimum atomic E-state index is -0.258. The molecule has 0 fully saturated rings. The SMILES string of the molecule is CCOC(=O)C(C)SC(C)CC(=O)OC. The van der Waals surface area contributed by atoms with Crippen LogP contribution in [0.4, 0.5) is 0 Å². The van der Waals surface area contributed by atoms with E-state index in [2.05, 4.69) is 4.74 Å². The molecule has 0 rings (SSSR count). The fraction of sp³-hybridized carbons (Fsp3) is 0.800. The van der Waals surface area contributed by atoms with Gasteiger partial charge in [-0.05, 0) is 13.8 Å². The lowest BCUT2D eigenvalue weighted by Crippen LogP contribution is -2.20. The van der Waals surface area contributed by atoms with Gasteiger partial charge in [-0.15, -0.1) is 11.8 Å². The first kappa shape index (κ1) is 14.3. The lowest BCUT2D eigenvalue weighted by atomic mass is 10.3. The first-order valence-corrected chi connectivity index (χ1v) is 5.84. The minimum absolute atomic E-state index is 0.0526. The van der Waals surface area contributed by atoms with Crippen LogP contribution in [0.5, 0.6) is 0 Å². The van der Waals surface area contributed by atoms with E-state index in [0.29, 0.717) is 13.0 Å². The van der Waals surface area contributed by atoms with E-state index in [1.54, 1.807) is 13.8 Å². The summed E-state index contributed by atoms with van der Waals surface area (Å²) in [5, 5.41) is -0.193. The van der Waals surface area contributed by atoms with E-state index >= 15 is 0 Å². The molecular formula is C10H18O4S. The molecule has 0 N–H and O–H groups in total. The average Bonchev–Trinajstić information content (AvgIpc) is 2.17. The molecule has 0 bridgehead atoms. The van der Waals surface area contributed by atoms with Crippen LogP contribution in [0.3, 0.4) is 0 Å². The third kappa shape index (κ3) is 6.38. The van der Waals surface area contributed by atoms with E-state index in [1.165, 1.54) is 18.9 Å². The van der Waals surface area contributed by atoms with Gasteiger partial charge in [0.1, 0.15) is 0 Å².